The molecule has 1 amide bonds. The van der Waals surface area contributed by atoms with Crippen molar-refractivity contribution in [1.82, 2.24) is 19.7 Å². The van der Waals surface area contributed by atoms with Crippen molar-refractivity contribution in [2.24, 2.45) is 0 Å². The largest absolute Gasteiger partial charge is 0.497 e. The summed E-state index contributed by atoms with van der Waals surface area (Å²) >= 11 is 1.46. The Morgan fingerprint density at radius 3 is 2.67 bits per heavy atom. The van der Waals surface area contributed by atoms with Crippen LogP contribution in [0.25, 0.3) is 0 Å². The van der Waals surface area contributed by atoms with Gasteiger partial charge in [-0.05, 0) is 43.5 Å². The third kappa shape index (κ3) is 5.16. The zero-order chi connectivity index (χ0) is 23.2. The Kier molecular flexibility index (Phi) is 7.54. The summed E-state index contributed by atoms with van der Waals surface area (Å²) in [7, 11) is 3.31. The van der Waals surface area contributed by atoms with Gasteiger partial charge in [-0.2, -0.15) is 0 Å². The van der Waals surface area contributed by atoms with Crippen LogP contribution in [0.1, 0.15) is 42.8 Å². The van der Waals surface area contributed by atoms with Gasteiger partial charge in [-0.3, -0.25) is 4.79 Å². The zero-order valence-corrected chi connectivity index (χ0v) is 20.2. The van der Waals surface area contributed by atoms with Crippen LogP contribution in [-0.4, -0.2) is 52.1 Å². The molecule has 1 aliphatic rings. The normalized spacial score (nSPS) is 15.6. The van der Waals surface area contributed by atoms with Crippen molar-refractivity contribution in [3.8, 4) is 11.5 Å². The maximum Gasteiger partial charge on any atom is 0.233 e. The molecule has 0 bridgehead atoms. The van der Waals surface area contributed by atoms with Crippen LogP contribution in [0.5, 0.6) is 11.5 Å². The summed E-state index contributed by atoms with van der Waals surface area (Å²) in [5, 5.41) is 9.56. The molecule has 2 aromatic carbocycles. The van der Waals surface area contributed by atoms with Crippen LogP contribution in [-0.2, 0) is 17.8 Å². The molecule has 3 aromatic rings. The number of ether oxygens (including phenoxy) is 2. The summed E-state index contributed by atoms with van der Waals surface area (Å²) < 4.78 is 13.1. The Bertz CT molecular complexity index is 1090. The molecule has 0 aliphatic carbocycles. The van der Waals surface area contributed by atoms with E-state index in [2.05, 4.69) is 33.8 Å². The van der Waals surface area contributed by atoms with E-state index in [0.717, 1.165) is 60.4 Å². The second kappa shape index (κ2) is 10.7. The molecule has 0 N–H and O–H groups in total. The Balaban J connectivity index is 1.46. The first-order chi connectivity index (χ1) is 16.1. The van der Waals surface area contributed by atoms with Gasteiger partial charge in [-0.15, -0.1) is 10.2 Å². The molecule has 174 valence electrons. The average Bonchev–Trinajstić information content (AvgIpc) is 3.49. The molecule has 1 saturated heterocycles. The first kappa shape index (κ1) is 23.2. The van der Waals surface area contributed by atoms with Gasteiger partial charge in [0.05, 0.1) is 26.0 Å². The van der Waals surface area contributed by atoms with E-state index in [4.69, 9.17) is 9.47 Å². The van der Waals surface area contributed by atoms with Crippen LogP contribution in [0, 0.1) is 0 Å². The second-order valence-corrected chi connectivity index (χ2v) is 8.89. The molecule has 1 fully saturated rings. The summed E-state index contributed by atoms with van der Waals surface area (Å²) in [6, 6.07) is 16.0. The highest BCUT2D eigenvalue weighted by Crippen LogP contribution is 2.39. The number of benzene rings is 2. The number of carbonyl (C=O) groups excluding carboxylic acids is 1. The zero-order valence-electron chi connectivity index (χ0n) is 19.4. The number of rotatable bonds is 9. The lowest BCUT2D eigenvalue weighted by atomic mass is 10.0. The minimum absolute atomic E-state index is 0.0131. The summed E-state index contributed by atoms with van der Waals surface area (Å²) in [5.74, 6) is 2.89. The molecule has 0 saturated carbocycles. The first-order valence-corrected chi connectivity index (χ1v) is 12.2. The van der Waals surface area contributed by atoms with Crippen LogP contribution >= 0.6 is 11.8 Å². The van der Waals surface area contributed by atoms with E-state index < -0.39 is 0 Å². The van der Waals surface area contributed by atoms with E-state index in [0.29, 0.717) is 5.75 Å². The lowest BCUT2D eigenvalue weighted by molar-refractivity contribution is -0.129. The summed E-state index contributed by atoms with van der Waals surface area (Å²) in [6.45, 7) is 3.58. The fourth-order valence-corrected chi connectivity index (χ4v) is 5.26. The van der Waals surface area contributed by atoms with Crippen molar-refractivity contribution < 1.29 is 14.3 Å². The Morgan fingerprint density at radius 2 is 1.94 bits per heavy atom. The number of methoxy groups -OCH3 is 2. The average molecular weight is 467 g/mol. The molecule has 1 aliphatic heterocycles. The smallest absolute Gasteiger partial charge is 0.233 e. The van der Waals surface area contributed by atoms with E-state index in [-0.39, 0.29) is 11.9 Å². The highest BCUT2D eigenvalue weighted by Gasteiger charge is 2.32. The van der Waals surface area contributed by atoms with E-state index in [9.17, 15) is 4.79 Å². The maximum absolute atomic E-state index is 13.2. The molecular formula is C25H30N4O3S. The third-order valence-electron chi connectivity index (χ3n) is 6.01. The van der Waals surface area contributed by atoms with Crippen molar-refractivity contribution in [3.63, 3.8) is 0 Å². The standard InChI is InChI=1S/C25H30N4O3S/c1-4-28-23(15-18-9-6-5-7-10-18)26-27-25(28)33-17-24(30)29-14-8-11-21(29)20-16-19(31-2)12-13-22(20)32-3/h5-7,9-10,12-13,16,21H,4,8,11,14-15,17H2,1-3H3. The Labute approximate surface area is 199 Å². The number of carbonyl (C=O) groups is 1. The molecule has 2 heterocycles. The predicted octanol–water partition coefficient (Wildman–Crippen LogP) is 4.36. The van der Waals surface area contributed by atoms with Crippen LogP contribution in [0.4, 0.5) is 0 Å². The number of nitrogens with zero attached hydrogens (tertiary/aromatic N) is 4. The first-order valence-electron chi connectivity index (χ1n) is 11.2. The molecule has 7 nitrogen and oxygen atoms in total. The summed E-state index contributed by atoms with van der Waals surface area (Å²) in [5.41, 5.74) is 2.19. The monoisotopic (exact) mass is 466 g/mol. The summed E-state index contributed by atoms with van der Waals surface area (Å²) in [6.07, 6.45) is 2.60. The predicted molar refractivity (Wildman–Crippen MR) is 129 cm³/mol. The van der Waals surface area contributed by atoms with Crippen molar-refractivity contribution >= 4 is 17.7 Å². The van der Waals surface area contributed by atoms with Gasteiger partial charge in [-0.25, -0.2) is 0 Å². The second-order valence-electron chi connectivity index (χ2n) is 7.95. The molecule has 1 aromatic heterocycles. The van der Waals surface area contributed by atoms with Gasteiger partial charge < -0.3 is 18.9 Å². The van der Waals surface area contributed by atoms with Crippen LogP contribution in [0.3, 0.4) is 0 Å². The van der Waals surface area contributed by atoms with E-state index in [1.807, 2.05) is 41.3 Å². The highest BCUT2D eigenvalue weighted by molar-refractivity contribution is 7.99. The molecule has 8 heteroatoms. The van der Waals surface area contributed by atoms with Gasteiger partial charge in [0.1, 0.15) is 17.3 Å². The van der Waals surface area contributed by atoms with Gasteiger partial charge >= 0.3 is 0 Å². The van der Waals surface area contributed by atoms with Gasteiger partial charge in [-0.1, -0.05) is 42.1 Å². The molecule has 4 rings (SSSR count). The topological polar surface area (TPSA) is 69.5 Å². The van der Waals surface area contributed by atoms with Crippen molar-refractivity contribution in [2.45, 2.75) is 43.9 Å². The molecule has 0 spiro atoms. The lowest BCUT2D eigenvalue weighted by Gasteiger charge is -2.26. The van der Waals surface area contributed by atoms with Crippen LogP contribution in [0.2, 0.25) is 0 Å². The number of amides is 1. The SMILES string of the molecule is CCn1c(Cc2ccccc2)nnc1SCC(=O)N1CCCC1c1cc(OC)ccc1OC. The molecule has 33 heavy (non-hydrogen) atoms. The summed E-state index contributed by atoms with van der Waals surface area (Å²) in [4.78, 5) is 15.2. The fraction of sp³-hybridized carbons (Fsp3) is 0.400. The molecule has 1 unspecified atom stereocenters. The third-order valence-corrected chi connectivity index (χ3v) is 6.96. The fourth-order valence-electron chi connectivity index (χ4n) is 4.35. The van der Waals surface area contributed by atoms with Crippen molar-refractivity contribution in [2.75, 3.05) is 26.5 Å². The molecular weight excluding hydrogens is 436 g/mol. The van der Waals surface area contributed by atoms with E-state index >= 15 is 0 Å². The van der Waals surface area contributed by atoms with Crippen LogP contribution < -0.4 is 9.47 Å². The van der Waals surface area contributed by atoms with Gasteiger partial charge in [0.2, 0.25) is 5.91 Å². The minimum Gasteiger partial charge on any atom is -0.497 e. The lowest BCUT2D eigenvalue weighted by Crippen LogP contribution is -2.32. The quantitative estimate of drug-likeness (QED) is 0.437. The van der Waals surface area contributed by atoms with Crippen molar-refractivity contribution in [1.29, 1.82) is 0 Å². The highest BCUT2D eigenvalue weighted by atomic mass is 32.2. The number of hydrogen-bond acceptors (Lipinski definition) is 6. The van der Waals surface area contributed by atoms with Gasteiger partial charge in [0, 0.05) is 25.1 Å². The molecule has 1 atom stereocenters. The number of aromatic nitrogens is 3. The molecule has 0 radical (unpaired) electrons. The van der Waals surface area contributed by atoms with E-state index in [1.165, 1.54) is 17.3 Å². The minimum atomic E-state index is -0.0131. The Morgan fingerprint density at radius 1 is 1.12 bits per heavy atom. The number of thioether (sulfide) groups is 1. The van der Waals surface area contributed by atoms with Gasteiger partial charge in [0.15, 0.2) is 5.16 Å². The number of likely N-dealkylation sites (tertiary alicyclic amines) is 1. The van der Waals surface area contributed by atoms with E-state index in [1.54, 1.807) is 14.2 Å². The van der Waals surface area contributed by atoms with Gasteiger partial charge in [0.25, 0.3) is 0 Å². The maximum atomic E-state index is 13.2. The number of hydrogen-bond donors (Lipinski definition) is 0. The van der Waals surface area contributed by atoms with Crippen molar-refractivity contribution in [3.05, 3.63) is 65.5 Å². The Hall–Kier alpha value is -3.00. The van der Waals surface area contributed by atoms with Crippen LogP contribution in [0.15, 0.2) is 53.7 Å².